The number of nitrogens with two attached hydrogens (primary N) is 1. The number of carbonyl (C=O) groups excluding carboxylic acids is 3. The summed E-state index contributed by atoms with van der Waals surface area (Å²) in [5.41, 5.74) is 5.19. The third kappa shape index (κ3) is 10.2. The molecule has 1 aliphatic carbocycles. The molecule has 5 rings (SSSR count). The van der Waals surface area contributed by atoms with Crippen molar-refractivity contribution in [1.29, 1.82) is 0 Å². The second-order valence-electron chi connectivity index (χ2n) is 12.2. The predicted molar refractivity (Wildman–Crippen MR) is 174 cm³/mol. The summed E-state index contributed by atoms with van der Waals surface area (Å²) in [6.45, 7) is 5.88. The van der Waals surface area contributed by atoms with E-state index in [4.69, 9.17) is 32.8 Å². The molecule has 266 valence electrons. The van der Waals surface area contributed by atoms with E-state index in [1.165, 1.54) is 11.8 Å². The topological polar surface area (TPSA) is 255 Å². The number of carbonyl (C=O) groups is 4. The molecule has 2 aliphatic heterocycles. The number of amides is 2. The number of β-lactam (4-membered cyclic amide) rings is 1. The van der Waals surface area contributed by atoms with Crippen LogP contribution in [0.25, 0.3) is 0 Å². The van der Waals surface area contributed by atoms with E-state index in [9.17, 15) is 24.3 Å². The van der Waals surface area contributed by atoms with Crippen molar-refractivity contribution < 1.29 is 55.9 Å². The monoisotopic (exact) mass is 740 g/mol. The van der Waals surface area contributed by atoms with E-state index in [1.54, 1.807) is 22.3 Å². The van der Waals surface area contributed by atoms with E-state index < -0.39 is 45.7 Å². The minimum atomic E-state index is -4.92. The molecular weight excluding hydrogens is 705 g/mol. The summed E-state index contributed by atoms with van der Waals surface area (Å²) in [6, 6.07) is 1.94. The fourth-order valence-electron chi connectivity index (χ4n) is 5.00. The van der Waals surface area contributed by atoms with Gasteiger partial charge in [-0.3, -0.25) is 23.8 Å². The number of nitrogens with one attached hydrogen (secondary N) is 1. The molecule has 4 heterocycles. The highest BCUT2D eigenvalue weighted by Crippen LogP contribution is 2.35. The van der Waals surface area contributed by atoms with E-state index in [0.717, 1.165) is 46.8 Å². The van der Waals surface area contributed by atoms with E-state index in [1.807, 2.05) is 32.9 Å². The van der Waals surface area contributed by atoms with Gasteiger partial charge in [-0.05, 0) is 25.7 Å². The van der Waals surface area contributed by atoms with Crippen LogP contribution < -0.4 is 15.6 Å². The first-order chi connectivity index (χ1) is 22.9. The molecule has 0 bridgehead atoms. The Balaban J connectivity index is 0.00000101. The number of carboxylic acids is 1. The second kappa shape index (κ2) is 15.6. The minimum Gasteiger partial charge on any atom is -0.726 e. The smallest absolute Gasteiger partial charge is 0.356 e. The average Bonchev–Trinajstić information content (AvgIpc) is 3.69. The number of aromatic nitrogens is 2. The van der Waals surface area contributed by atoms with Gasteiger partial charge in [-0.1, -0.05) is 25.9 Å². The van der Waals surface area contributed by atoms with Gasteiger partial charge in [0.25, 0.3) is 11.8 Å². The summed E-state index contributed by atoms with van der Waals surface area (Å²) in [5, 5.41) is 18.6. The van der Waals surface area contributed by atoms with Crippen LogP contribution in [0.1, 0.15) is 52.1 Å². The van der Waals surface area contributed by atoms with Crippen molar-refractivity contribution in [1.82, 2.24) is 15.2 Å². The number of fused-ring (bicyclic) bond motifs is 1. The molecule has 0 aromatic carbocycles. The van der Waals surface area contributed by atoms with E-state index in [0.29, 0.717) is 0 Å². The van der Waals surface area contributed by atoms with Crippen LogP contribution in [-0.2, 0) is 45.7 Å². The van der Waals surface area contributed by atoms with E-state index >= 15 is 0 Å². The molecule has 49 heavy (non-hydrogen) atoms. The largest absolute Gasteiger partial charge is 0.726 e. The molecule has 0 spiro atoms. The van der Waals surface area contributed by atoms with Gasteiger partial charge >= 0.3 is 5.97 Å². The number of ketones is 1. The highest BCUT2D eigenvalue weighted by Gasteiger charge is 2.55. The van der Waals surface area contributed by atoms with Crippen LogP contribution in [0.4, 0.5) is 5.13 Å². The lowest BCUT2D eigenvalue weighted by atomic mass is 9.91. The van der Waals surface area contributed by atoms with Crippen molar-refractivity contribution in [3.05, 3.63) is 47.1 Å². The van der Waals surface area contributed by atoms with Crippen molar-refractivity contribution >= 4 is 67.9 Å². The standard InChI is InChI=1S/C29H34N6O7S2.H2O4S/c1-29(2,3)21(36)12-34-10-8-17(9-11-34)43-15-20-24(27(39)40)35-19(13-41-20)23(26(35)38)32-25(37)22(18-14-44-28(30)31-18)33-42-16-6-4-5-7-16;1-5(2,3)4/h8-11,14,16,19,23H,4-7,12-13,15H2,1-3H3,(H3-,30,31,32,37,39,40);(H2,1,2,3,4)/b33-22-;/t19-,23+;/m1./s1. The molecule has 5 N–H and O–H groups in total. The lowest BCUT2D eigenvalue weighted by Gasteiger charge is -2.49. The molecule has 2 fully saturated rings. The molecule has 3 aliphatic rings. The number of carboxylic acid groups (broad SMARTS) is 1. The Bertz CT molecular complexity index is 1740. The number of oxime groups is 1. The Morgan fingerprint density at radius 3 is 2.45 bits per heavy atom. The number of pyridine rings is 1. The Labute approximate surface area is 290 Å². The molecule has 2 aromatic heterocycles. The van der Waals surface area contributed by atoms with Gasteiger partial charge in [0.1, 0.15) is 36.2 Å². The molecule has 1 saturated carbocycles. The summed E-state index contributed by atoms with van der Waals surface area (Å²) in [7, 11) is -4.92. The number of hydrogen-bond donors (Lipinski definition) is 4. The number of Topliss-reactive ketones (excluding diaryl/α,β-unsaturated/α-hetero) is 1. The molecule has 2 amide bonds. The lowest BCUT2D eigenvalue weighted by Crippen LogP contribution is -2.73. The zero-order chi connectivity index (χ0) is 36.1. The van der Waals surface area contributed by atoms with Crippen molar-refractivity contribution in [2.24, 2.45) is 10.6 Å². The molecule has 2 aromatic rings. The summed E-state index contributed by atoms with van der Waals surface area (Å²) >= 11 is 2.49. The Hall–Kier alpha value is -4.11. The highest BCUT2D eigenvalue weighted by molar-refractivity contribution is 7.99. The van der Waals surface area contributed by atoms with Gasteiger partial charge in [-0.2, -0.15) is 4.57 Å². The van der Waals surface area contributed by atoms with Crippen LogP contribution >= 0.6 is 23.1 Å². The fourth-order valence-corrected chi connectivity index (χ4v) is 6.38. The molecule has 0 unspecified atom stereocenters. The first-order valence-electron chi connectivity index (χ1n) is 14.9. The summed E-state index contributed by atoms with van der Waals surface area (Å²) in [4.78, 5) is 62.8. The van der Waals surface area contributed by atoms with Gasteiger partial charge in [0.15, 0.2) is 28.9 Å². The van der Waals surface area contributed by atoms with Crippen LogP contribution in [0.2, 0.25) is 0 Å². The van der Waals surface area contributed by atoms with Crippen molar-refractivity contribution in [3.63, 3.8) is 0 Å². The van der Waals surface area contributed by atoms with E-state index in [-0.39, 0.29) is 58.8 Å². The number of anilines is 1. The van der Waals surface area contributed by atoms with E-state index in [2.05, 4.69) is 15.5 Å². The molecular formula is C29H36N6O11S3. The number of ether oxygens (including phenoxy) is 1. The number of thioether (sulfide) groups is 1. The molecule has 1 saturated heterocycles. The van der Waals surface area contributed by atoms with Gasteiger partial charge in [-0.15, -0.1) is 23.1 Å². The van der Waals surface area contributed by atoms with Crippen LogP contribution in [0.3, 0.4) is 0 Å². The van der Waals surface area contributed by atoms with Crippen LogP contribution in [-0.4, -0.2) is 92.3 Å². The lowest BCUT2D eigenvalue weighted by molar-refractivity contribution is -0.685. The minimum absolute atomic E-state index is 0.00175. The number of rotatable bonds is 11. The van der Waals surface area contributed by atoms with Crippen LogP contribution in [0.5, 0.6) is 0 Å². The Morgan fingerprint density at radius 1 is 1.27 bits per heavy atom. The number of aliphatic carboxylic acids is 1. The average molecular weight is 741 g/mol. The predicted octanol–water partition coefficient (Wildman–Crippen LogP) is 1.11. The zero-order valence-electron chi connectivity index (χ0n) is 26.7. The van der Waals surface area contributed by atoms with Crippen LogP contribution in [0, 0.1) is 5.41 Å². The van der Waals surface area contributed by atoms with Gasteiger partial charge < -0.3 is 30.3 Å². The highest BCUT2D eigenvalue weighted by atomic mass is 32.3. The SMILES string of the molecule is CC(C)(C)C(=O)C[n+]1ccc(SCC2=C(C(=O)O)N3C(=O)[C@@H](NC(=O)/C(=N\OC4CCCC4)c4csc(N)n4)[C@H]3CO2)cc1.O=S(=O)([O-])O. The van der Waals surface area contributed by atoms with Crippen molar-refractivity contribution in [3.8, 4) is 0 Å². The second-order valence-corrected chi connectivity index (χ2v) is 15.0. The van der Waals surface area contributed by atoms with Gasteiger partial charge in [0.2, 0.25) is 22.7 Å². The van der Waals surface area contributed by atoms with Crippen molar-refractivity contribution in [2.75, 3.05) is 18.1 Å². The van der Waals surface area contributed by atoms with Gasteiger partial charge in [0.05, 0.1) is 5.75 Å². The number of nitrogens with zero attached hydrogens (tertiary/aromatic N) is 4. The maximum absolute atomic E-state index is 13.3. The molecule has 2 atom stereocenters. The summed E-state index contributed by atoms with van der Waals surface area (Å²) in [5.74, 6) is -2.13. The Kier molecular flexibility index (Phi) is 12.0. The zero-order valence-corrected chi connectivity index (χ0v) is 29.2. The quantitative estimate of drug-likeness (QED) is 0.0479. The van der Waals surface area contributed by atoms with Crippen molar-refractivity contribution in [2.45, 2.75) is 76.1 Å². The maximum Gasteiger partial charge on any atom is 0.356 e. The molecule has 0 radical (unpaired) electrons. The fraction of sp³-hybridized carbons (Fsp3) is 0.483. The summed E-state index contributed by atoms with van der Waals surface area (Å²) in [6.07, 6.45) is 7.18. The first kappa shape index (κ1) is 37.7. The molecule has 20 heteroatoms. The maximum atomic E-state index is 13.3. The first-order valence-corrected chi connectivity index (χ1v) is 18.2. The normalized spacial score (nSPS) is 19.7. The van der Waals surface area contributed by atoms with Crippen LogP contribution in [0.15, 0.2) is 51.4 Å². The molecule has 17 nitrogen and oxygen atoms in total. The Morgan fingerprint density at radius 2 is 1.90 bits per heavy atom. The number of hydrogen-bond acceptors (Lipinski definition) is 14. The van der Waals surface area contributed by atoms with Gasteiger partial charge in [-0.25, -0.2) is 18.2 Å². The number of thiazole rings is 1. The third-order valence-electron chi connectivity index (χ3n) is 7.61. The van der Waals surface area contributed by atoms with Gasteiger partial charge in [0, 0.05) is 27.8 Å². The summed E-state index contributed by atoms with van der Waals surface area (Å²) < 4.78 is 40.5. The number of nitrogen functional groups attached to an aromatic ring is 1. The third-order valence-corrected chi connectivity index (χ3v) is 9.30.